The van der Waals surface area contributed by atoms with E-state index in [2.05, 4.69) is 21.2 Å². The molecule has 0 aliphatic heterocycles. The van der Waals surface area contributed by atoms with Gasteiger partial charge in [-0.1, -0.05) is 12.8 Å². The molecule has 1 amide bonds. The van der Waals surface area contributed by atoms with Gasteiger partial charge in [-0.2, -0.15) is 0 Å². The molecule has 1 heterocycles. The average molecular weight is 332 g/mol. The lowest BCUT2D eigenvalue weighted by atomic mass is 10.0. The Morgan fingerprint density at radius 3 is 2.78 bits per heavy atom. The monoisotopic (exact) mass is 331 g/mol. The molecule has 0 radical (unpaired) electrons. The van der Waals surface area contributed by atoms with Crippen molar-refractivity contribution in [2.75, 3.05) is 6.54 Å². The predicted molar refractivity (Wildman–Crippen MR) is 72.8 cm³/mol. The van der Waals surface area contributed by atoms with Crippen LogP contribution in [0.1, 0.15) is 29.6 Å². The van der Waals surface area contributed by atoms with E-state index >= 15 is 0 Å². The number of carbonyl (C=O) groups is 2. The van der Waals surface area contributed by atoms with Crippen LogP contribution in [0.15, 0.2) is 15.2 Å². The number of rotatable bonds is 6. The highest BCUT2D eigenvalue weighted by Gasteiger charge is 2.29. The minimum absolute atomic E-state index is 0.206. The van der Waals surface area contributed by atoms with Gasteiger partial charge in [0, 0.05) is 11.9 Å². The van der Waals surface area contributed by atoms with E-state index in [1.54, 1.807) is 11.4 Å². The fraction of sp³-hybridized carbons (Fsp3) is 0.500. The van der Waals surface area contributed by atoms with Gasteiger partial charge in [0.05, 0.1) is 15.3 Å². The maximum atomic E-state index is 11.8. The highest BCUT2D eigenvalue weighted by molar-refractivity contribution is 9.11. The lowest BCUT2D eigenvalue weighted by Crippen LogP contribution is -2.33. The molecule has 0 saturated heterocycles. The number of carbonyl (C=O) groups excluding carboxylic acids is 1. The summed E-state index contributed by atoms with van der Waals surface area (Å²) in [6.07, 6.45) is 2.91. The van der Waals surface area contributed by atoms with Crippen LogP contribution in [-0.2, 0) is 4.79 Å². The molecular weight excluding hydrogens is 318 g/mol. The Kier molecular flexibility index (Phi) is 4.40. The van der Waals surface area contributed by atoms with Crippen molar-refractivity contribution >= 4 is 39.1 Å². The zero-order valence-electron chi connectivity index (χ0n) is 9.69. The van der Waals surface area contributed by atoms with Crippen LogP contribution in [0.4, 0.5) is 0 Å². The summed E-state index contributed by atoms with van der Waals surface area (Å²) in [5, 5.41) is 13.5. The first-order valence-electron chi connectivity index (χ1n) is 5.81. The van der Waals surface area contributed by atoms with E-state index in [1.807, 2.05) is 0 Å². The van der Waals surface area contributed by atoms with Gasteiger partial charge in [-0.25, -0.2) is 0 Å². The SMILES string of the molecule is O=C(NCC(CC1CC1)C(=O)O)c1csc(Br)c1. The molecule has 1 atom stereocenters. The molecule has 2 rings (SSSR count). The summed E-state index contributed by atoms with van der Waals surface area (Å²) in [4.78, 5) is 22.8. The van der Waals surface area contributed by atoms with Crippen LogP contribution in [0.25, 0.3) is 0 Å². The Labute approximate surface area is 118 Å². The lowest BCUT2D eigenvalue weighted by Gasteiger charge is -2.12. The Morgan fingerprint density at radius 2 is 2.28 bits per heavy atom. The van der Waals surface area contributed by atoms with Crippen LogP contribution in [0.2, 0.25) is 0 Å². The van der Waals surface area contributed by atoms with Crippen molar-refractivity contribution in [3.63, 3.8) is 0 Å². The molecule has 1 aliphatic carbocycles. The third-order valence-electron chi connectivity index (χ3n) is 3.00. The Hall–Kier alpha value is -0.880. The van der Waals surface area contributed by atoms with Crippen LogP contribution in [0.5, 0.6) is 0 Å². The first kappa shape index (κ1) is 13.5. The molecule has 0 bridgehead atoms. The van der Waals surface area contributed by atoms with E-state index in [4.69, 9.17) is 5.11 Å². The van der Waals surface area contributed by atoms with Crippen LogP contribution in [0.3, 0.4) is 0 Å². The summed E-state index contributed by atoms with van der Waals surface area (Å²) in [5.41, 5.74) is 0.572. The van der Waals surface area contributed by atoms with Crippen molar-refractivity contribution < 1.29 is 14.7 Å². The number of nitrogens with one attached hydrogen (secondary N) is 1. The summed E-state index contributed by atoms with van der Waals surface area (Å²) in [6, 6.07) is 1.73. The van der Waals surface area contributed by atoms with Crippen molar-refractivity contribution in [3.8, 4) is 0 Å². The van der Waals surface area contributed by atoms with Crippen molar-refractivity contribution in [1.29, 1.82) is 0 Å². The summed E-state index contributed by atoms with van der Waals surface area (Å²) in [5.74, 6) is -0.963. The van der Waals surface area contributed by atoms with E-state index in [1.165, 1.54) is 11.3 Å². The van der Waals surface area contributed by atoms with Gasteiger partial charge in [-0.05, 0) is 34.3 Å². The number of carboxylic acid groups (broad SMARTS) is 1. The molecule has 6 heteroatoms. The van der Waals surface area contributed by atoms with E-state index in [9.17, 15) is 9.59 Å². The summed E-state index contributed by atoms with van der Waals surface area (Å²) in [7, 11) is 0. The van der Waals surface area contributed by atoms with Gasteiger partial charge in [0.25, 0.3) is 5.91 Å². The van der Waals surface area contributed by atoms with Gasteiger partial charge in [-0.3, -0.25) is 9.59 Å². The van der Waals surface area contributed by atoms with E-state index < -0.39 is 11.9 Å². The lowest BCUT2D eigenvalue weighted by molar-refractivity contribution is -0.141. The second-order valence-corrected chi connectivity index (χ2v) is 6.85. The zero-order chi connectivity index (χ0) is 13.1. The molecule has 1 aromatic heterocycles. The van der Waals surface area contributed by atoms with Gasteiger partial charge < -0.3 is 10.4 Å². The van der Waals surface area contributed by atoms with Gasteiger partial charge in [0.15, 0.2) is 0 Å². The number of thiophene rings is 1. The van der Waals surface area contributed by atoms with Crippen molar-refractivity contribution in [3.05, 3.63) is 20.8 Å². The molecule has 1 aromatic rings. The Morgan fingerprint density at radius 1 is 1.56 bits per heavy atom. The normalized spacial score (nSPS) is 16.3. The van der Waals surface area contributed by atoms with E-state index in [0.29, 0.717) is 17.9 Å². The average Bonchev–Trinajstić information content (AvgIpc) is 3.03. The number of hydrogen-bond acceptors (Lipinski definition) is 3. The topological polar surface area (TPSA) is 66.4 Å². The molecule has 98 valence electrons. The van der Waals surface area contributed by atoms with Gasteiger partial charge in [0.1, 0.15) is 0 Å². The molecule has 0 spiro atoms. The largest absolute Gasteiger partial charge is 0.481 e. The van der Waals surface area contributed by atoms with Crippen LogP contribution in [-0.4, -0.2) is 23.5 Å². The zero-order valence-corrected chi connectivity index (χ0v) is 12.1. The first-order chi connectivity index (χ1) is 8.56. The maximum Gasteiger partial charge on any atom is 0.308 e. The van der Waals surface area contributed by atoms with Crippen molar-refractivity contribution in [2.24, 2.45) is 11.8 Å². The predicted octanol–water partition coefficient (Wildman–Crippen LogP) is 2.74. The first-order valence-corrected chi connectivity index (χ1v) is 7.48. The molecule has 1 unspecified atom stereocenters. The molecule has 1 saturated carbocycles. The fourth-order valence-electron chi connectivity index (χ4n) is 1.77. The number of carboxylic acids is 1. The van der Waals surface area contributed by atoms with Gasteiger partial charge in [-0.15, -0.1) is 11.3 Å². The third-order valence-corrected chi connectivity index (χ3v) is 4.51. The smallest absolute Gasteiger partial charge is 0.308 e. The molecule has 18 heavy (non-hydrogen) atoms. The highest BCUT2D eigenvalue weighted by Crippen LogP contribution is 2.35. The summed E-state index contributed by atoms with van der Waals surface area (Å²) < 4.78 is 0.889. The van der Waals surface area contributed by atoms with Gasteiger partial charge in [0.2, 0.25) is 0 Å². The van der Waals surface area contributed by atoms with Crippen LogP contribution >= 0.6 is 27.3 Å². The summed E-state index contributed by atoms with van der Waals surface area (Å²) >= 11 is 4.72. The number of amides is 1. The second-order valence-electron chi connectivity index (χ2n) is 4.56. The van der Waals surface area contributed by atoms with Crippen LogP contribution < -0.4 is 5.32 Å². The number of halogens is 1. The fourth-order valence-corrected chi connectivity index (χ4v) is 2.91. The number of hydrogen-bond donors (Lipinski definition) is 2. The summed E-state index contributed by atoms with van der Waals surface area (Å²) in [6.45, 7) is 0.206. The minimum Gasteiger partial charge on any atom is -0.481 e. The molecule has 0 aromatic carbocycles. The minimum atomic E-state index is -0.825. The van der Waals surface area contributed by atoms with Gasteiger partial charge >= 0.3 is 5.97 Å². The van der Waals surface area contributed by atoms with E-state index in [0.717, 1.165) is 16.6 Å². The standard InChI is InChI=1S/C12H14BrNO3S/c13-10-4-9(6-18-10)11(15)14-5-8(12(16)17)3-7-1-2-7/h4,6-8H,1-3,5H2,(H,14,15)(H,16,17). The molecule has 1 aliphatic rings. The maximum absolute atomic E-state index is 11.8. The molecule has 2 N–H and O–H groups in total. The van der Waals surface area contributed by atoms with Crippen molar-refractivity contribution in [1.82, 2.24) is 5.32 Å². The second kappa shape index (κ2) is 5.84. The molecular formula is C12H14BrNO3S. The number of aliphatic carboxylic acids is 1. The van der Waals surface area contributed by atoms with Crippen LogP contribution in [0, 0.1) is 11.8 Å². The Bertz CT molecular complexity index is 456. The Balaban J connectivity index is 1.84. The highest BCUT2D eigenvalue weighted by atomic mass is 79.9. The molecule has 4 nitrogen and oxygen atoms in total. The van der Waals surface area contributed by atoms with E-state index in [-0.39, 0.29) is 12.5 Å². The quantitative estimate of drug-likeness (QED) is 0.842. The third kappa shape index (κ3) is 3.81. The van der Waals surface area contributed by atoms with Crippen molar-refractivity contribution in [2.45, 2.75) is 19.3 Å². The molecule has 1 fully saturated rings.